The van der Waals surface area contributed by atoms with Crippen LogP contribution >= 0.6 is 0 Å². The molecule has 0 spiro atoms. The molecule has 0 N–H and O–H groups in total. The molecule has 3 aliphatic carbocycles. The third kappa shape index (κ3) is 5.82. The number of aryl methyl sites for hydroxylation is 2. The van der Waals surface area contributed by atoms with Crippen molar-refractivity contribution in [3.05, 3.63) is 46.8 Å². The molecule has 172 valence electrons. The van der Waals surface area contributed by atoms with Crippen LogP contribution in [-0.2, 0) is 19.3 Å². The van der Waals surface area contributed by atoms with E-state index in [2.05, 4.69) is 25.1 Å². The third-order valence-corrected chi connectivity index (χ3v) is 9.10. The molecule has 1 heteroatoms. The fourth-order valence-electron chi connectivity index (χ4n) is 7.25. The number of benzene rings is 1. The fourth-order valence-corrected chi connectivity index (χ4v) is 7.25. The number of halogens is 1. The van der Waals surface area contributed by atoms with Crippen molar-refractivity contribution in [1.82, 2.24) is 0 Å². The predicted molar refractivity (Wildman–Crippen MR) is 131 cm³/mol. The molecule has 1 aromatic rings. The maximum atomic E-state index is 14.7. The van der Waals surface area contributed by atoms with E-state index in [4.69, 9.17) is 0 Å². The van der Waals surface area contributed by atoms with Gasteiger partial charge in [0, 0.05) is 0 Å². The van der Waals surface area contributed by atoms with Gasteiger partial charge in [0.15, 0.2) is 0 Å². The Morgan fingerprint density at radius 1 is 0.903 bits per heavy atom. The second-order valence-corrected chi connectivity index (χ2v) is 11.1. The molecule has 0 heterocycles. The van der Waals surface area contributed by atoms with Crippen LogP contribution in [0.1, 0.15) is 108 Å². The monoisotopic (exact) mass is 424 g/mol. The minimum absolute atomic E-state index is 0.0361. The first-order valence-electron chi connectivity index (χ1n) is 13.6. The summed E-state index contributed by atoms with van der Waals surface area (Å²) < 4.78 is 14.7. The van der Waals surface area contributed by atoms with Crippen molar-refractivity contribution in [2.75, 3.05) is 0 Å². The van der Waals surface area contributed by atoms with Crippen molar-refractivity contribution in [1.29, 1.82) is 0 Å². The van der Waals surface area contributed by atoms with E-state index in [0.29, 0.717) is 0 Å². The van der Waals surface area contributed by atoms with Gasteiger partial charge in [0.1, 0.15) is 5.82 Å². The zero-order valence-electron chi connectivity index (χ0n) is 20.2. The third-order valence-electron chi connectivity index (χ3n) is 9.10. The van der Waals surface area contributed by atoms with Crippen molar-refractivity contribution in [2.24, 2.45) is 29.6 Å². The number of allylic oxidation sites excluding steroid dienone is 2. The van der Waals surface area contributed by atoms with Gasteiger partial charge in [0.05, 0.1) is 0 Å². The highest BCUT2D eigenvalue weighted by atomic mass is 19.1. The first kappa shape index (κ1) is 23.1. The highest BCUT2D eigenvalue weighted by molar-refractivity contribution is 5.35. The smallest absolute Gasteiger partial charge is 0.126 e. The number of fused-ring (bicyclic) bond motifs is 2. The van der Waals surface area contributed by atoms with Crippen molar-refractivity contribution < 1.29 is 4.39 Å². The Hall–Kier alpha value is -1.11. The van der Waals surface area contributed by atoms with E-state index in [1.54, 1.807) is 0 Å². The van der Waals surface area contributed by atoms with Crippen LogP contribution in [0.4, 0.5) is 4.39 Å². The van der Waals surface area contributed by atoms with E-state index in [0.717, 1.165) is 54.4 Å². The van der Waals surface area contributed by atoms with E-state index in [1.165, 1.54) is 88.2 Å². The van der Waals surface area contributed by atoms with Gasteiger partial charge >= 0.3 is 0 Å². The van der Waals surface area contributed by atoms with Crippen LogP contribution in [0.25, 0.3) is 0 Å². The van der Waals surface area contributed by atoms with Gasteiger partial charge in [-0.25, -0.2) is 4.39 Å². The van der Waals surface area contributed by atoms with E-state index in [9.17, 15) is 4.39 Å². The Morgan fingerprint density at radius 3 is 2.48 bits per heavy atom. The second kappa shape index (κ2) is 11.2. The second-order valence-electron chi connectivity index (χ2n) is 11.1. The summed E-state index contributed by atoms with van der Waals surface area (Å²) in [5.74, 6) is 4.76. The standard InChI is InChI=1S/C30H45F/c1-3-5-7-9-22-11-12-24-18-25(14-13-23(24)17-22)26-15-16-27-19-28(10-8-6-4-2)30(31)21-29(27)20-26/h4,6,19,21-26H,3,5,7-18,20H2,1-2H3/b6-4+. The average Bonchev–Trinajstić information content (AvgIpc) is 2.79. The van der Waals surface area contributed by atoms with Gasteiger partial charge in [-0.15, -0.1) is 0 Å². The Labute approximate surface area is 191 Å². The fraction of sp³-hybridized carbons (Fsp3) is 0.733. The summed E-state index contributed by atoms with van der Waals surface area (Å²) in [6, 6.07) is 4.10. The van der Waals surface area contributed by atoms with Gasteiger partial charge in [0.2, 0.25) is 0 Å². The van der Waals surface area contributed by atoms with Crippen LogP contribution in [0, 0.1) is 35.4 Å². The van der Waals surface area contributed by atoms with E-state index in [1.807, 2.05) is 13.0 Å². The molecule has 5 atom stereocenters. The van der Waals surface area contributed by atoms with Crippen molar-refractivity contribution in [3.63, 3.8) is 0 Å². The Kier molecular flexibility index (Phi) is 8.30. The minimum Gasteiger partial charge on any atom is -0.207 e. The molecule has 0 aromatic heterocycles. The summed E-state index contributed by atoms with van der Waals surface area (Å²) in [5, 5.41) is 0. The molecule has 0 aliphatic heterocycles. The molecule has 3 aliphatic rings. The first-order chi connectivity index (χ1) is 15.2. The van der Waals surface area contributed by atoms with Gasteiger partial charge in [-0.1, -0.05) is 57.2 Å². The van der Waals surface area contributed by atoms with Gasteiger partial charge in [-0.3, -0.25) is 0 Å². The molecular formula is C30H45F. The lowest BCUT2D eigenvalue weighted by Gasteiger charge is -2.45. The van der Waals surface area contributed by atoms with Crippen molar-refractivity contribution in [2.45, 2.75) is 110 Å². The average molecular weight is 425 g/mol. The summed E-state index contributed by atoms with van der Waals surface area (Å²) in [4.78, 5) is 0. The largest absolute Gasteiger partial charge is 0.207 e. The summed E-state index contributed by atoms with van der Waals surface area (Å²) >= 11 is 0. The van der Waals surface area contributed by atoms with Crippen molar-refractivity contribution in [3.8, 4) is 0 Å². The summed E-state index contributed by atoms with van der Waals surface area (Å²) in [5.41, 5.74) is 3.69. The van der Waals surface area contributed by atoms with E-state index < -0.39 is 0 Å². The maximum Gasteiger partial charge on any atom is 0.126 e. The summed E-state index contributed by atoms with van der Waals surface area (Å²) in [7, 11) is 0. The molecule has 2 fully saturated rings. The van der Waals surface area contributed by atoms with Gasteiger partial charge in [0.25, 0.3) is 0 Å². The lowest BCUT2D eigenvalue weighted by atomic mass is 9.60. The number of hydrogen-bond acceptors (Lipinski definition) is 0. The molecular weight excluding hydrogens is 379 g/mol. The molecule has 31 heavy (non-hydrogen) atoms. The van der Waals surface area contributed by atoms with E-state index in [-0.39, 0.29) is 5.82 Å². The Morgan fingerprint density at radius 2 is 1.68 bits per heavy atom. The van der Waals surface area contributed by atoms with Crippen molar-refractivity contribution >= 4 is 0 Å². The maximum absolute atomic E-state index is 14.7. The summed E-state index contributed by atoms with van der Waals surface area (Å²) in [6.45, 7) is 4.36. The number of rotatable bonds is 8. The lowest BCUT2D eigenvalue weighted by molar-refractivity contribution is 0.0690. The zero-order valence-corrected chi connectivity index (χ0v) is 20.2. The topological polar surface area (TPSA) is 0 Å². The molecule has 0 saturated heterocycles. The number of unbranched alkanes of at least 4 members (excludes halogenated alkanes) is 2. The van der Waals surface area contributed by atoms with Crippen LogP contribution in [0.2, 0.25) is 0 Å². The van der Waals surface area contributed by atoms with Crippen LogP contribution < -0.4 is 0 Å². The predicted octanol–water partition coefficient (Wildman–Crippen LogP) is 8.85. The minimum atomic E-state index is 0.0361. The van der Waals surface area contributed by atoms with Crippen LogP contribution in [-0.4, -0.2) is 0 Å². The summed E-state index contributed by atoms with van der Waals surface area (Å²) in [6.07, 6.45) is 24.2. The van der Waals surface area contributed by atoms with Gasteiger partial charge < -0.3 is 0 Å². The Bertz CT molecular complexity index is 732. The SMILES string of the molecule is C/C=C/CCc1cc2c(cc1F)CC(C1CCC3CC(CCCCC)CCC3C1)CC2. The quantitative estimate of drug-likeness (QED) is 0.289. The van der Waals surface area contributed by atoms with E-state index >= 15 is 0 Å². The molecule has 0 amide bonds. The zero-order chi connectivity index (χ0) is 21.6. The molecule has 1 aromatic carbocycles. The van der Waals surface area contributed by atoms with Gasteiger partial charge in [-0.2, -0.15) is 0 Å². The van der Waals surface area contributed by atoms with Gasteiger partial charge in [-0.05, 0) is 123 Å². The highest BCUT2D eigenvalue weighted by Gasteiger charge is 2.38. The molecule has 0 nitrogen and oxygen atoms in total. The number of hydrogen-bond donors (Lipinski definition) is 0. The molecule has 2 saturated carbocycles. The molecule has 5 unspecified atom stereocenters. The van der Waals surface area contributed by atoms with Crippen LogP contribution in [0.15, 0.2) is 24.3 Å². The Balaban J connectivity index is 1.31. The molecule has 0 radical (unpaired) electrons. The molecule has 4 rings (SSSR count). The molecule has 0 bridgehead atoms. The normalized spacial score (nSPS) is 30.9. The highest BCUT2D eigenvalue weighted by Crippen LogP contribution is 2.49. The van der Waals surface area contributed by atoms with Crippen LogP contribution in [0.3, 0.4) is 0 Å². The lowest BCUT2D eigenvalue weighted by Crippen LogP contribution is -2.35. The van der Waals surface area contributed by atoms with Crippen LogP contribution in [0.5, 0.6) is 0 Å². The first-order valence-corrected chi connectivity index (χ1v) is 13.6.